The Bertz CT molecular complexity index is 630. The number of benzene rings is 1. The van der Waals surface area contributed by atoms with E-state index in [4.69, 9.17) is 21.1 Å². The zero-order valence-electron chi connectivity index (χ0n) is 12.3. The molecule has 1 N–H and O–H groups in total. The highest BCUT2D eigenvalue weighted by molar-refractivity contribution is 8.18. The van der Waals surface area contributed by atoms with Crippen LogP contribution in [0, 0.1) is 0 Å². The third kappa shape index (κ3) is 3.96. The van der Waals surface area contributed by atoms with Gasteiger partial charge >= 0.3 is 0 Å². The van der Waals surface area contributed by atoms with E-state index in [0.29, 0.717) is 40.2 Å². The number of imide groups is 1. The van der Waals surface area contributed by atoms with Gasteiger partial charge in [0.2, 0.25) is 0 Å². The first-order valence-electron chi connectivity index (χ1n) is 6.89. The molecule has 1 aromatic carbocycles. The predicted molar refractivity (Wildman–Crippen MR) is 87.5 cm³/mol. The molecule has 1 aromatic rings. The van der Waals surface area contributed by atoms with Crippen molar-refractivity contribution in [1.82, 2.24) is 5.32 Å². The van der Waals surface area contributed by atoms with E-state index in [1.807, 2.05) is 13.8 Å². The minimum atomic E-state index is -0.407. The van der Waals surface area contributed by atoms with Crippen molar-refractivity contribution in [3.63, 3.8) is 0 Å². The summed E-state index contributed by atoms with van der Waals surface area (Å²) in [5, 5.41) is 2.23. The molecule has 1 heterocycles. The molecule has 0 aromatic heterocycles. The lowest BCUT2D eigenvalue weighted by Crippen LogP contribution is -2.17. The summed E-state index contributed by atoms with van der Waals surface area (Å²) in [6.07, 6.45) is 2.45. The summed E-state index contributed by atoms with van der Waals surface area (Å²) in [6.45, 7) is 4.86. The van der Waals surface area contributed by atoms with Gasteiger partial charge in [0.05, 0.1) is 23.1 Å². The highest BCUT2D eigenvalue weighted by atomic mass is 35.5. The van der Waals surface area contributed by atoms with Gasteiger partial charge in [-0.15, -0.1) is 0 Å². The van der Waals surface area contributed by atoms with Crippen LogP contribution in [-0.4, -0.2) is 24.4 Å². The molecule has 0 radical (unpaired) electrons. The van der Waals surface area contributed by atoms with Crippen molar-refractivity contribution in [1.29, 1.82) is 0 Å². The summed E-state index contributed by atoms with van der Waals surface area (Å²) in [6, 6.07) is 3.42. The number of carbonyl (C=O) groups is 2. The fraction of sp³-hybridized carbons (Fsp3) is 0.333. The number of halogens is 1. The second-order valence-electron chi connectivity index (χ2n) is 4.46. The van der Waals surface area contributed by atoms with Crippen LogP contribution in [-0.2, 0) is 4.79 Å². The third-order valence-corrected chi connectivity index (χ3v) is 3.81. The molecule has 1 fully saturated rings. The number of nitrogens with one attached hydrogen (secondary N) is 1. The molecule has 2 rings (SSSR count). The number of thioether (sulfide) groups is 1. The predicted octanol–water partition coefficient (Wildman–Crippen LogP) is 3.85. The molecular formula is C15H16ClNO4S. The average molecular weight is 342 g/mol. The molecule has 22 heavy (non-hydrogen) atoms. The molecule has 1 saturated heterocycles. The summed E-state index contributed by atoms with van der Waals surface area (Å²) in [4.78, 5) is 23.1. The van der Waals surface area contributed by atoms with Gasteiger partial charge in [0.25, 0.3) is 11.1 Å². The molecular weight excluding hydrogens is 326 g/mol. The van der Waals surface area contributed by atoms with Gasteiger partial charge in [0.1, 0.15) is 0 Å². The standard InChI is InChI=1S/C15H16ClNO4S/c1-3-5-21-13-10(16)6-9(7-11(13)20-4-2)8-12-14(18)17-15(19)22-12/h6-8H,3-5H2,1-2H3,(H,17,18,19)/b12-8-. The number of amides is 2. The van der Waals surface area contributed by atoms with E-state index >= 15 is 0 Å². The third-order valence-electron chi connectivity index (χ3n) is 2.72. The maximum Gasteiger partial charge on any atom is 0.290 e. The highest BCUT2D eigenvalue weighted by Crippen LogP contribution is 2.38. The van der Waals surface area contributed by atoms with E-state index in [1.54, 1.807) is 18.2 Å². The Hall–Kier alpha value is -1.66. The van der Waals surface area contributed by atoms with Crippen molar-refractivity contribution in [2.75, 3.05) is 13.2 Å². The van der Waals surface area contributed by atoms with Crippen LogP contribution in [0.25, 0.3) is 6.08 Å². The van der Waals surface area contributed by atoms with Crippen LogP contribution in [0.3, 0.4) is 0 Å². The molecule has 0 saturated carbocycles. The van der Waals surface area contributed by atoms with Crippen molar-refractivity contribution in [3.05, 3.63) is 27.6 Å². The largest absolute Gasteiger partial charge is 0.490 e. The number of hydrogen-bond acceptors (Lipinski definition) is 5. The number of ether oxygens (including phenoxy) is 2. The first-order chi connectivity index (χ1) is 10.5. The average Bonchev–Trinajstić information content (AvgIpc) is 2.76. The van der Waals surface area contributed by atoms with E-state index < -0.39 is 5.91 Å². The summed E-state index contributed by atoms with van der Waals surface area (Å²) < 4.78 is 11.2. The van der Waals surface area contributed by atoms with Crippen LogP contribution in [0.4, 0.5) is 4.79 Å². The second-order valence-corrected chi connectivity index (χ2v) is 5.89. The molecule has 7 heteroatoms. The van der Waals surface area contributed by atoms with Crippen LogP contribution in [0.5, 0.6) is 11.5 Å². The summed E-state index contributed by atoms with van der Waals surface area (Å²) >= 11 is 7.11. The monoisotopic (exact) mass is 341 g/mol. The van der Waals surface area contributed by atoms with E-state index in [1.165, 1.54) is 0 Å². The summed E-state index contributed by atoms with van der Waals surface area (Å²) in [5.74, 6) is 0.604. The SMILES string of the molecule is CCCOc1c(Cl)cc(/C=C2\SC(=O)NC2=O)cc1OCC. The highest BCUT2D eigenvalue weighted by Gasteiger charge is 2.25. The maximum atomic E-state index is 11.6. The quantitative estimate of drug-likeness (QED) is 0.796. The smallest absolute Gasteiger partial charge is 0.290 e. The van der Waals surface area contributed by atoms with E-state index in [2.05, 4.69) is 5.32 Å². The summed E-state index contributed by atoms with van der Waals surface area (Å²) in [5.41, 5.74) is 0.671. The Morgan fingerprint density at radius 3 is 2.64 bits per heavy atom. The lowest BCUT2D eigenvalue weighted by molar-refractivity contribution is -0.115. The first kappa shape index (κ1) is 16.7. The summed E-state index contributed by atoms with van der Waals surface area (Å²) in [7, 11) is 0. The maximum absolute atomic E-state index is 11.6. The Kier molecular flexibility index (Phi) is 5.74. The Morgan fingerprint density at radius 2 is 2.05 bits per heavy atom. The molecule has 0 atom stereocenters. The second kappa shape index (κ2) is 7.56. The van der Waals surface area contributed by atoms with Crippen LogP contribution >= 0.6 is 23.4 Å². The van der Waals surface area contributed by atoms with Crippen LogP contribution in [0.1, 0.15) is 25.8 Å². The van der Waals surface area contributed by atoms with Gasteiger partial charge in [-0.2, -0.15) is 0 Å². The van der Waals surface area contributed by atoms with Crippen molar-refractivity contribution in [3.8, 4) is 11.5 Å². The number of hydrogen-bond donors (Lipinski definition) is 1. The Balaban J connectivity index is 2.35. The fourth-order valence-electron chi connectivity index (χ4n) is 1.85. The minimum Gasteiger partial charge on any atom is -0.490 e. The van der Waals surface area contributed by atoms with E-state index in [0.717, 1.165) is 18.2 Å². The normalized spacial score (nSPS) is 16.0. The van der Waals surface area contributed by atoms with Crippen LogP contribution < -0.4 is 14.8 Å². The van der Waals surface area contributed by atoms with Gasteiger partial charge in [0, 0.05) is 0 Å². The zero-order chi connectivity index (χ0) is 16.1. The van der Waals surface area contributed by atoms with Crippen LogP contribution in [0.15, 0.2) is 17.0 Å². The van der Waals surface area contributed by atoms with Gasteiger partial charge in [-0.3, -0.25) is 14.9 Å². The van der Waals surface area contributed by atoms with Gasteiger partial charge in [0.15, 0.2) is 11.5 Å². The lowest BCUT2D eigenvalue weighted by Gasteiger charge is -2.14. The van der Waals surface area contributed by atoms with Gasteiger partial charge in [-0.25, -0.2) is 0 Å². The Labute approximate surface area is 138 Å². The number of carbonyl (C=O) groups excluding carboxylic acids is 2. The molecule has 118 valence electrons. The lowest BCUT2D eigenvalue weighted by atomic mass is 10.2. The van der Waals surface area contributed by atoms with Crippen molar-refractivity contribution >= 4 is 40.6 Å². The topological polar surface area (TPSA) is 64.6 Å². The van der Waals surface area contributed by atoms with Crippen molar-refractivity contribution < 1.29 is 19.1 Å². The molecule has 2 amide bonds. The van der Waals surface area contributed by atoms with Gasteiger partial charge in [-0.05, 0) is 48.9 Å². The van der Waals surface area contributed by atoms with Crippen molar-refractivity contribution in [2.24, 2.45) is 0 Å². The molecule has 0 spiro atoms. The molecule has 1 aliphatic rings. The first-order valence-corrected chi connectivity index (χ1v) is 8.08. The molecule has 1 aliphatic heterocycles. The zero-order valence-corrected chi connectivity index (χ0v) is 13.8. The Morgan fingerprint density at radius 1 is 1.27 bits per heavy atom. The van der Waals surface area contributed by atoms with E-state index in [-0.39, 0.29) is 5.24 Å². The van der Waals surface area contributed by atoms with Crippen LogP contribution in [0.2, 0.25) is 5.02 Å². The molecule has 0 unspecified atom stereocenters. The molecule has 0 aliphatic carbocycles. The van der Waals surface area contributed by atoms with Gasteiger partial charge < -0.3 is 9.47 Å². The molecule has 5 nitrogen and oxygen atoms in total. The minimum absolute atomic E-state index is 0.325. The fourth-order valence-corrected chi connectivity index (χ4v) is 2.81. The van der Waals surface area contributed by atoms with Gasteiger partial charge in [-0.1, -0.05) is 18.5 Å². The van der Waals surface area contributed by atoms with Crippen molar-refractivity contribution in [2.45, 2.75) is 20.3 Å². The number of rotatable bonds is 6. The van der Waals surface area contributed by atoms with E-state index in [9.17, 15) is 9.59 Å². The molecule has 0 bridgehead atoms.